The summed E-state index contributed by atoms with van der Waals surface area (Å²) in [6, 6.07) is 6.10. The minimum atomic E-state index is -0.183. The lowest BCUT2D eigenvalue weighted by molar-refractivity contribution is -0.107. The minimum absolute atomic E-state index is 0.131. The molecule has 1 saturated carbocycles. The van der Waals surface area contributed by atoms with Gasteiger partial charge in [-0.25, -0.2) is 4.39 Å². The van der Waals surface area contributed by atoms with Gasteiger partial charge in [0.25, 0.3) is 0 Å². The Kier molecular flexibility index (Phi) is 14.2. The first-order valence-corrected chi connectivity index (χ1v) is 13.4. The number of halogens is 1. The van der Waals surface area contributed by atoms with Gasteiger partial charge in [-0.15, -0.1) is 9.45 Å². The SMILES string of the molecule is C1CCCC1.CCC=O.CNC(C)C.Fc1c(Nc2ccn[nH]2)ccc2c1CS(=S)C2. The Labute approximate surface area is 193 Å². The van der Waals surface area contributed by atoms with Crippen LogP contribution in [0.1, 0.15) is 70.4 Å². The van der Waals surface area contributed by atoms with Crippen molar-refractivity contribution >= 4 is 38.4 Å². The van der Waals surface area contributed by atoms with E-state index in [0.717, 1.165) is 23.2 Å². The standard InChI is InChI=1S/C11H10FN3S2.C5H10.C4H11N.C3H6O/c12-11-8-6-17(16)5-7(8)1-2-9(11)14-10-3-4-13-15-10;1-2-4-5-3-1;1-4(2)5-3;1-2-3-4/h1-4H,5-6H2,(H2,13,14,15);1-5H2;4-5H,1-3H3;3H,2H2,1H3. The summed E-state index contributed by atoms with van der Waals surface area (Å²) < 4.78 is 14.2. The zero-order valence-corrected chi connectivity index (χ0v) is 20.8. The first-order valence-electron chi connectivity index (χ1n) is 10.9. The summed E-state index contributed by atoms with van der Waals surface area (Å²) >= 11 is 5.25. The van der Waals surface area contributed by atoms with E-state index in [1.807, 2.05) is 20.0 Å². The van der Waals surface area contributed by atoms with Crippen molar-refractivity contribution in [1.82, 2.24) is 15.5 Å². The molecule has 3 N–H and O–H groups in total. The molecule has 0 bridgehead atoms. The molecule has 0 amide bonds. The number of hydrogen-bond acceptors (Lipinski definition) is 5. The van der Waals surface area contributed by atoms with Crippen LogP contribution in [0.2, 0.25) is 0 Å². The fourth-order valence-corrected chi connectivity index (χ4v) is 4.88. The fraction of sp³-hybridized carbons (Fsp3) is 0.565. The summed E-state index contributed by atoms with van der Waals surface area (Å²) in [5, 5.41) is 12.6. The van der Waals surface area contributed by atoms with Crippen LogP contribution < -0.4 is 10.6 Å². The first-order chi connectivity index (χ1) is 14.9. The van der Waals surface area contributed by atoms with Gasteiger partial charge in [-0.05, 0) is 18.7 Å². The second-order valence-corrected chi connectivity index (χ2v) is 10.5. The zero-order valence-electron chi connectivity index (χ0n) is 19.2. The third-order valence-corrected chi connectivity index (χ3v) is 6.68. The molecular weight excluding hydrogens is 431 g/mol. The van der Waals surface area contributed by atoms with Crippen LogP contribution in [-0.2, 0) is 36.9 Å². The molecule has 1 aliphatic heterocycles. The molecule has 1 aromatic carbocycles. The maximum absolute atomic E-state index is 14.2. The predicted octanol–water partition coefficient (Wildman–Crippen LogP) is 5.55. The monoisotopic (exact) mass is 468 g/mol. The number of benzene rings is 1. The number of hydrogen-bond donors (Lipinski definition) is 3. The molecule has 2 aromatic rings. The van der Waals surface area contributed by atoms with E-state index in [2.05, 4.69) is 34.7 Å². The molecule has 174 valence electrons. The van der Waals surface area contributed by atoms with Crippen molar-refractivity contribution in [2.75, 3.05) is 12.4 Å². The topological polar surface area (TPSA) is 69.8 Å². The van der Waals surface area contributed by atoms with Crippen molar-refractivity contribution < 1.29 is 9.18 Å². The van der Waals surface area contributed by atoms with Crippen molar-refractivity contribution in [3.8, 4) is 0 Å². The predicted molar refractivity (Wildman–Crippen MR) is 134 cm³/mol. The largest absolute Gasteiger partial charge is 0.338 e. The van der Waals surface area contributed by atoms with Crippen LogP contribution in [0, 0.1) is 5.82 Å². The Balaban J connectivity index is 0.000000281. The first kappa shape index (κ1) is 27.4. The Bertz CT molecular complexity index is 771. The smallest absolute Gasteiger partial charge is 0.151 e. The summed E-state index contributed by atoms with van der Waals surface area (Å²) in [6.45, 7) is 6.03. The lowest BCUT2D eigenvalue weighted by Gasteiger charge is -2.08. The lowest BCUT2D eigenvalue weighted by Crippen LogP contribution is -2.15. The number of aromatic nitrogens is 2. The highest BCUT2D eigenvalue weighted by Crippen LogP contribution is 2.30. The number of nitrogens with zero attached hydrogens (tertiary/aromatic N) is 1. The van der Waals surface area contributed by atoms with Crippen molar-refractivity contribution in [1.29, 1.82) is 0 Å². The highest BCUT2D eigenvalue weighted by atomic mass is 32.8. The van der Waals surface area contributed by atoms with E-state index in [9.17, 15) is 9.18 Å². The molecule has 0 saturated heterocycles. The van der Waals surface area contributed by atoms with Crippen LogP contribution in [0.15, 0.2) is 24.4 Å². The summed E-state index contributed by atoms with van der Waals surface area (Å²) in [7, 11) is 1.82. The van der Waals surface area contributed by atoms with E-state index in [1.165, 1.54) is 32.1 Å². The number of anilines is 2. The van der Waals surface area contributed by atoms with Gasteiger partial charge in [0.1, 0.15) is 12.1 Å². The van der Waals surface area contributed by atoms with Gasteiger partial charge in [0.15, 0.2) is 5.82 Å². The molecule has 0 radical (unpaired) electrons. The van der Waals surface area contributed by atoms with Gasteiger partial charge in [0, 0.05) is 35.6 Å². The van der Waals surface area contributed by atoms with Crippen LogP contribution in [0.25, 0.3) is 0 Å². The second-order valence-electron chi connectivity index (χ2n) is 7.67. The second kappa shape index (κ2) is 16.1. The highest BCUT2D eigenvalue weighted by molar-refractivity contribution is 8.28. The summed E-state index contributed by atoms with van der Waals surface area (Å²) in [5.74, 6) is 2.00. The molecule has 31 heavy (non-hydrogen) atoms. The molecule has 1 unspecified atom stereocenters. The quantitative estimate of drug-likeness (QED) is 0.514. The van der Waals surface area contributed by atoms with Gasteiger partial charge < -0.3 is 15.4 Å². The van der Waals surface area contributed by atoms with E-state index in [1.54, 1.807) is 18.3 Å². The van der Waals surface area contributed by atoms with Crippen molar-refractivity contribution in [2.24, 2.45) is 0 Å². The number of rotatable bonds is 4. The van der Waals surface area contributed by atoms with Gasteiger partial charge >= 0.3 is 0 Å². The van der Waals surface area contributed by atoms with Gasteiger partial charge in [0.2, 0.25) is 0 Å². The zero-order chi connectivity index (χ0) is 23.1. The Morgan fingerprint density at radius 2 is 1.77 bits per heavy atom. The number of aromatic amines is 1. The van der Waals surface area contributed by atoms with Crippen molar-refractivity contribution in [2.45, 2.75) is 76.8 Å². The fourth-order valence-electron chi connectivity index (χ4n) is 2.79. The van der Waals surface area contributed by atoms with E-state index < -0.39 is 0 Å². The molecular formula is C23H37FN4OS2. The normalized spacial score (nSPS) is 16.1. The molecule has 2 heterocycles. The van der Waals surface area contributed by atoms with E-state index in [4.69, 9.17) is 11.2 Å². The molecule has 5 nitrogen and oxygen atoms in total. The third-order valence-electron chi connectivity index (χ3n) is 4.73. The number of H-pyrrole nitrogens is 1. The lowest BCUT2D eigenvalue weighted by atomic mass is 10.1. The molecule has 2 aliphatic rings. The number of nitrogens with one attached hydrogen (secondary N) is 3. The average molecular weight is 469 g/mol. The Hall–Kier alpha value is -1.64. The summed E-state index contributed by atoms with van der Waals surface area (Å²) in [5.41, 5.74) is 2.30. The van der Waals surface area contributed by atoms with Gasteiger partial charge in [-0.1, -0.05) is 70.1 Å². The van der Waals surface area contributed by atoms with Crippen LogP contribution >= 0.6 is 0 Å². The molecule has 1 atom stereocenters. The molecule has 1 aliphatic carbocycles. The highest BCUT2D eigenvalue weighted by Gasteiger charge is 2.20. The van der Waals surface area contributed by atoms with Gasteiger partial charge in [0.05, 0.1) is 11.9 Å². The third kappa shape index (κ3) is 11.0. The summed E-state index contributed by atoms with van der Waals surface area (Å²) in [6.07, 6.45) is 10.6. The molecule has 0 spiro atoms. The van der Waals surface area contributed by atoms with E-state index in [-0.39, 0.29) is 15.3 Å². The van der Waals surface area contributed by atoms with Gasteiger partial charge in [-0.2, -0.15) is 5.10 Å². The number of aldehydes is 1. The molecule has 4 rings (SSSR count). The number of carbonyl (C=O) groups is 1. The number of fused-ring (bicyclic) bond motifs is 1. The van der Waals surface area contributed by atoms with Crippen molar-refractivity contribution in [3.63, 3.8) is 0 Å². The molecule has 1 aromatic heterocycles. The molecule has 1 fully saturated rings. The van der Waals surface area contributed by atoms with Crippen molar-refractivity contribution in [3.05, 3.63) is 41.3 Å². The minimum Gasteiger partial charge on any atom is -0.338 e. The Morgan fingerprint density at radius 1 is 1.19 bits per heavy atom. The van der Waals surface area contributed by atoms with Crippen LogP contribution in [0.4, 0.5) is 15.9 Å². The maximum Gasteiger partial charge on any atom is 0.151 e. The average Bonchev–Trinajstić information content (AvgIpc) is 3.54. The van der Waals surface area contributed by atoms with Crippen LogP contribution in [0.5, 0.6) is 0 Å². The maximum atomic E-state index is 14.2. The van der Waals surface area contributed by atoms with Crippen LogP contribution in [0.3, 0.4) is 0 Å². The van der Waals surface area contributed by atoms with E-state index >= 15 is 0 Å². The van der Waals surface area contributed by atoms with Gasteiger partial charge in [-0.3, -0.25) is 5.10 Å². The van der Waals surface area contributed by atoms with Crippen LogP contribution in [-0.4, -0.2) is 29.6 Å². The van der Waals surface area contributed by atoms with E-state index in [0.29, 0.717) is 29.7 Å². The Morgan fingerprint density at radius 3 is 2.23 bits per heavy atom. The molecule has 8 heteroatoms. The summed E-state index contributed by atoms with van der Waals surface area (Å²) in [4.78, 5) is 9.17. The number of carbonyl (C=O) groups excluding carboxylic acids is 1.